The average Bonchev–Trinajstić information content (AvgIpc) is 3.01. The Morgan fingerprint density at radius 2 is 1.72 bits per heavy atom. The molecule has 0 saturated heterocycles. The largest absolute Gasteiger partial charge is 0.495 e. The first-order chi connectivity index (χ1) is 14.1. The van der Waals surface area contributed by atoms with Gasteiger partial charge in [0.2, 0.25) is 5.66 Å². The van der Waals surface area contributed by atoms with E-state index in [1.54, 1.807) is 42.5 Å². The van der Waals surface area contributed by atoms with Gasteiger partial charge in [0, 0.05) is 16.9 Å². The van der Waals surface area contributed by atoms with E-state index in [4.69, 9.17) is 4.74 Å². The van der Waals surface area contributed by atoms with Gasteiger partial charge in [-0.25, -0.2) is 4.39 Å². The van der Waals surface area contributed by atoms with Crippen LogP contribution >= 0.6 is 0 Å². The minimum atomic E-state index is -1.53. The van der Waals surface area contributed by atoms with Crippen molar-refractivity contribution in [3.05, 3.63) is 83.7 Å². The van der Waals surface area contributed by atoms with Gasteiger partial charge < -0.3 is 15.4 Å². The van der Waals surface area contributed by atoms with Gasteiger partial charge in [-0.1, -0.05) is 24.3 Å². The number of para-hydroxylation sites is 2. The Kier molecular flexibility index (Phi) is 3.61. The lowest BCUT2D eigenvalue weighted by Gasteiger charge is -2.44. The molecule has 1 spiro atoms. The third kappa shape index (κ3) is 2.27. The van der Waals surface area contributed by atoms with E-state index in [0.29, 0.717) is 33.9 Å². The maximum atomic E-state index is 13.6. The van der Waals surface area contributed by atoms with E-state index in [0.717, 1.165) is 0 Å². The van der Waals surface area contributed by atoms with E-state index in [9.17, 15) is 14.0 Å². The predicted octanol–water partition coefficient (Wildman–Crippen LogP) is 3.71. The van der Waals surface area contributed by atoms with Crippen LogP contribution in [0.25, 0.3) is 0 Å². The first-order valence-electron chi connectivity index (χ1n) is 9.02. The Hall–Kier alpha value is -3.87. The molecule has 0 bridgehead atoms. The van der Waals surface area contributed by atoms with Crippen molar-refractivity contribution >= 4 is 28.9 Å². The van der Waals surface area contributed by atoms with Crippen LogP contribution in [0.2, 0.25) is 0 Å². The second kappa shape index (κ2) is 6.07. The molecule has 29 heavy (non-hydrogen) atoms. The molecule has 2 heterocycles. The number of nitrogens with one attached hydrogen (secondary N) is 2. The number of methoxy groups -OCH3 is 1. The van der Waals surface area contributed by atoms with Crippen molar-refractivity contribution in [2.45, 2.75) is 5.66 Å². The maximum Gasteiger partial charge on any atom is 0.276 e. The van der Waals surface area contributed by atoms with Crippen LogP contribution in [0.15, 0.2) is 66.7 Å². The fourth-order valence-electron chi connectivity index (χ4n) is 4.01. The van der Waals surface area contributed by atoms with Gasteiger partial charge in [0.05, 0.1) is 18.4 Å². The highest BCUT2D eigenvalue weighted by atomic mass is 19.1. The average molecular weight is 389 g/mol. The quantitative estimate of drug-likeness (QED) is 0.701. The van der Waals surface area contributed by atoms with Gasteiger partial charge in [-0.05, 0) is 42.5 Å². The van der Waals surface area contributed by atoms with Crippen LogP contribution in [0.1, 0.15) is 15.9 Å². The number of carbonyl (C=O) groups excluding carboxylic acids is 2. The minimum Gasteiger partial charge on any atom is -0.495 e. The lowest BCUT2D eigenvalue weighted by Crippen LogP contribution is -2.61. The molecule has 2 aliphatic rings. The molecule has 2 N–H and O–H groups in total. The van der Waals surface area contributed by atoms with Crippen LogP contribution < -0.4 is 20.3 Å². The predicted molar refractivity (Wildman–Crippen MR) is 107 cm³/mol. The van der Waals surface area contributed by atoms with Gasteiger partial charge >= 0.3 is 0 Å². The standard InChI is InChI=1S/C22H16FN3O3/c1-29-18-8-4-6-16-19(18)24-21(28)22(16)25-17-7-3-2-5-15(17)20(27)26(22)14-11-9-13(23)10-12-14/h2-12,25H,1H3,(H,24,28)/t22-/m1/s1. The molecule has 6 nitrogen and oxygen atoms in total. The third-order valence-corrected chi connectivity index (χ3v) is 5.30. The van der Waals surface area contributed by atoms with Crippen molar-refractivity contribution < 1.29 is 18.7 Å². The first-order valence-corrected chi connectivity index (χ1v) is 9.02. The number of amides is 2. The van der Waals surface area contributed by atoms with Gasteiger partial charge in [0.15, 0.2) is 0 Å². The van der Waals surface area contributed by atoms with Crippen LogP contribution in [0, 0.1) is 5.82 Å². The summed E-state index contributed by atoms with van der Waals surface area (Å²) in [5, 5.41) is 6.11. The molecule has 2 amide bonds. The zero-order valence-electron chi connectivity index (χ0n) is 15.4. The molecule has 0 radical (unpaired) electrons. The monoisotopic (exact) mass is 389 g/mol. The lowest BCUT2D eigenvalue weighted by molar-refractivity contribution is -0.119. The normalized spacial score (nSPS) is 19.4. The van der Waals surface area contributed by atoms with Crippen molar-refractivity contribution in [1.29, 1.82) is 0 Å². The zero-order valence-corrected chi connectivity index (χ0v) is 15.4. The van der Waals surface area contributed by atoms with E-state index >= 15 is 0 Å². The molecular weight excluding hydrogens is 373 g/mol. The number of nitrogens with zero attached hydrogens (tertiary/aromatic N) is 1. The minimum absolute atomic E-state index is 0.364. The molecular formula is C22H16FN3O3. The zero-order chi connectivity index (χ0) is 20.2. The Bertz CT molecular complexity index is 1160. The summed E-state index contributed by atoms with van der Waals surface area (Å²) in [5.74, 6) is -0.737. The molecule has 7 heteroatoms. The third-order valence-electron chi connectivity index (χ3n) is 5.30. The summed E-state index contributed by atoms with van der Waals surface area (Å²) in [6, 6.07) is 17.7. The molecule has 0 unspecified atom stereocenters. The number of anilines is 3. The first kappa shape index (κ1) is 17.2. The summed E-state index contributed by atoms with van der Waals surface area (Å²) in [5.41, 5.74) is 0.867. The van der Waals surface area contributed by atoms with Gasteiger partial charge in [-0.15, -0.1) is 0 Å². The second-order valence-corrected chi connectivity index (χ2v) is 6.83. The maximum absolute atomic E-state index is 13.6. The molecule has 0 fully saturated rings. The summed E-state index contributed by atoms with van der Waals surface area (Å²) in [4.78, 5) is 28.3. The van der Waals surface area contributed by atoms with Crippen LogP contribution in [0.5, 0.6) is 5.75 Å². The van der Waals surface area contributed by atoms with Crippen molar-refractivity contribution in [2.75, 3.05) is 22.6 Å². The number of ether oxygens (including phenoxy) is 1. The molecule has 0 aromatic heterocycles. The highest BCUT2D eigenvalue weighted by Gasteiger charge is 2.57. The van der Waals surface area contributed by atoms with E-state index in [1.165, 1.54) is 36.3 Å². The number of hydrogen-bond acceptors (Lipinski definition) is 4. The van der Waals surface area contributed by atoms with Crippen LogP contribution in [0.3, 0.4) is 0 Å². The van der Waals surface area contributed by atoms with E-state index in [1.807, 2.05) is 0 Å². The molecule has 1 atom stereocenters. The highest BCUT2D eigenvalue weighted by molar-refractivity contribution is 6.22. The van der Waals surface area contributed by atoms with Crippen molar-refractivity contribution in [3.8, 4) is 5.75 Å². The number of rotatable bonds is 2. The lowest BCUT2D eigenvalue weighted by atomic mass is 9.92. The number of benzene rings is 3. The van der Waals surface area contributed by atoms with Crippen LogP contribution in [-0.4, -0.2) is 18.9 Å². The molecule has 0 aliphatic carbocycles. The van der Waals surface area contributed by atoms with Crippen molar-refractivity contribution in [3.63, 3.8) is 0 Å². The molecule has 0 saturated carbocycles. The second-order valence-electron chi connectivity index (χ2n) is 6.83. The molecule has 144 valence electrons. The highest BCUT2D eigenvalue weighted by Crippen LogP contribution is 2.49. The van der Waals surface area contributed by atoms with Crippen LogP contribution in [-0.2, 0) is 10.5 Å². The molecule has 3 aromatic rings. The number of hydrogen-bond donors (Lipinski definition) is 2. The summed E-state index contributed by atoms with van der Waals surface area (Å²) in [6.07, 6.45) is 0. The summed E-state index contributed by atoms with van der Waals surface area (Å²) in [7, 11) is 1.51. The van der Waals surface area contributed by atoms with E-state index in [-0.39, 0.29) is 5.91 Å². The van der Waals surface area contributed by atoms with Crippen molar-refractivity contribution in [2.24, 2.45) is 0 Å². The summed E-state index contributed by atoms with van der Waals surface area (Å²) < 4.78 is 19.0. The topological polar surface area (TPSA) is 70.7 Å². The Labute approximate surface area is 165 Å². The van der Waals surface area contributed by atoms with Gasteiger partial charge in [0.25, 0.3) is 11.8 Å². The Balaban J connectivity index is 1.81. The fourth-order valence-corrected chi connectivity index (χ4v) is 4.01. The Morgan fingerprint density at radius 1 is 0.966 bits per heavy atom. The number of halogens is 1. The number of carbonyl (C=O) groups is 2. The number of fused-ring (bicyclic) bond motifs is 3. The molecule has 3 aromatic carbocycles. The molecule has 5 rings (SSSR count). The van der Waals surface area contributed by atoms with Gasteiger partial charge in [0.1, 0.15) is 11.6 Å². The molecule has 2 aliphatic heterocycles. The van der Waals surface area contributed by atoms with E-state index < -0.39 is 17.4 Å². The summed E-state index contributed by atoms with van der Waals surface area (Å²) in [6.45, 7) is 0. The SMILES string of the molecule is COc1cccc2c1NC(=O)[C@@]21Nc2ccccc2C(=O)N1c1ccc(F)cc1. The smallest absolute Gasteiger partial charge is 0.276 e. The van der Waals surface area contributed by atoms with Gasteiger partial charge in [-0.2, -0.15) is 0 Å². The van der Waals surface area contributed by atoms with Crippen LogP contribution in [0.4, 0.5) is 21.5 Å². The fraction of sp³-hybridized carbons (Fsp3) is 0.0909. The summed E-state index contributed by atoms with van der Waals surface area (Å²) >= 11 is 0. The van der Waals surface area contributed by atoms with Crippen molar-refractivity contribution in [1.82, 2.24) is 0 Å². The Morgan fingerprint density at radius 3 is 2.48 bits per heavy atom. The van der Waals surface area contributed by atoms with Gasteiger partial charge in [-0.3, -0.25) is 14.5 Å². The van der Waals surface area contributed by atoms with E-state index in [2.05, 4.69) is 10.6 Å².